The molecular formula is C12H19F3N4. The Kier molecular flexibility index (Phi) is 4.60. The van der Waals surface area contributed by atoms with Gasteiger partial charge >= 0.3 is 6.18 Å². The third-order valence-corrected chi connectivity index (χ3v) is 2.53. The lowest BCUT2D eigenvalue weighted by molar-refractivity contribution is -0.120. The largest absolute Gasteiger partial charge is 0.405 e. The standard InChI is InChI=1S/C12H19F3N4/c1-7(2)11-17-9(16)5-10(18-11)19(8(3)4)6-12(13,14)15/h5,7-8H,6H2,1-4H3,(H2,16,17,18). The van der Waals surface area contributed by atoms with E-state index in [9.17, 15) is 13.2 Å². The van der Waals surface area contributed by atoms with Crippen LogP contribution in [0, 0.1) is 0 Å². The zero-order valence-corrected chi connectivity index (χ0v) is 11.5. The zero-order chi connectivity index (χ0) is 14.8. The van der Waals surface area contributed by atoms with Crippen molar-refractivity contribution < 1.29 is 13.2 Å². The van der Waals surface area contributed by atoms with Gasteiger partial charge in [0.1, 0.15) is 24.0 Å². The molecule has 0 aliphatic heterocycles. The number of nitrogen functional groups attached to an aromatic ring is 1. The highest BCUT2D eigenvalue weighted by Crippen LogP contribution is 2.25. The van der Waals surface area contributed by atoms with Crippen LogP contribution in [0.15, 0.2) is 6.07 Å². The zero-order valence-electron chi connectivity index (χ0n) is 11.5. The Balaban J connectivity index is 3.16. The molecule has 2 N–H and O–H groups in total. The van der Waals surface area contributed by atoms with E-state index in [1.807, 2.05) is 13.8 Å². The Morgan fingerprint density at radius 2 is 1.79 bits per heavy atom. The summed E-state index contributed by atoms with van der Waals surface area (Å²) in [7, 11) is 0. The highest BCUT2D eigenvalue weighted by atomic mass is 19.4. The van der Waals surface area contributed by atoms with Gasteiger partial charge in [-0.1, -0.05) is 13.8 Å². The van der Waals surface area contributed by atoms with Crippen molar-refractivity contribution in [3.05, 3.63) is 11.9 Å². The Morgan fingerprint density at radius 3 is 2.21 bits per heavy atom. The van der Waals surface area contributed by atoms with Crippen LogP contribution in [-0.2, 0) is 0 Å². The summed E-state index contributed by atoms with van der Waals surface area (Å²) in [5.41, 5.74) is 5.64. The number of halogens is 3. The molecule has 0 fully saturated rings. The predicted octanol–water partition coefficient (Wildman–Crippen LogP) is 2.96. The number of anilines is 2. The Bertz CT molecular complexity index is 429. The number of nitrogens with two attached hydrogens (primary N) is 1. The summed E-state index contributed by atoms with van der Waals surface area (Å²) in [5, 5.41) is 0. The average molecular weight is 276 g/mol. The van der Waals surface area contributed by atoms with Gasteiger partial charge in [0, 0.05) is 18.0 Å². The third kappa shape index (κ3) is 4.57. The van der Waals surface area contributed by atoms with Crippen LogP contribution in [0.2, 0.25) is 0 Å². The Hall–Kier alpha value is -1.53. The molecule has 0 spiro atoms. The van der Waals surface area contributed by atoms with Crippen molar-refractivity contribution in [1.29, 1.82) is 0 Å². The van der Waals surface area contributed by atoms with Crippen molar-refractivity contribution in [3.8, 4) is 0 Å². The molecule has 1 aromatic rings. The topological polar surface area (TPSA) is 55.0 Å². The summed E-state index contributed by atoms with van der Waals surface area (Å²) in [4.78, 5) is 9.37. The van der Waals surface area contributed by atoms with Crippen LogP contribution >= 0.6 is 0 Å². The highest BCUT2D eigenvalue weighted by molar-refractivity contribution is 5.48. The molecule has 0 saturated carbocycles. The molecule has 0 aliphatic carbocycles. The van der Waals surface area contributed by atoms with Gasteiger partial charge in [0.05, 0.1) is 0 Å². The van der Waals surface area contributed by atoms with E-state index in [2.05, 4.69) is 9.97 Å². The maximum absolute atomic E-state index is 12.6. The van der Waals surface area contributed by atoms with Crippen LogP contribution in [0.4, 0.5) is 24.8 Å². The first kappa shape index (κ1) is 15.5. The van der Waals surface area contributed by atoms with Crippen LogP contribution < -0.4 is 10.6 Å². The summed E-state index contributed by atoms with van der Waals surface area (Å²) in [6.07, 6.45) is -4.29. The molecule has 0 radical (unpaired) electrons. The average Bonchev–Trinajstić information content (AvgIpc) is 2.23. The SMILES string of the molecule is CC(C)c1nc(N)cc(N(CC(F)(F)F)C(C)C)n1. The number of aromatic nitrogens is 2. The number of hydrogen-bond donors (Lipinski definition) is 1. The molecule has 0 bridgehead atoms. The molecule has 0 amide bonds. The quantitative estimate of drug-likeness (QED) is 0.918. The van der Waals surface area contributed by atoms with E-state index in [0.29, 0.717) is 5.82 Å². The Labute approximate surface area is 110 Å². The summed E-state index contributed by atoms with van der Waals surface area (Å²) in [6.45, 7) is 6.03. The maximum Gasteiger partial charge on any atom is 0.405 e. The smallest absolute Gasteiger partial charge is 0.384 e. The monoisotopic (exact) mass is 276 g/mol. The molecule has 19 heavy (non-hydrogen) atoms. The van der Waals surface area contributed by atoms with Crippen molar-refractivity contribution in [2.24, 2.45) is 0 Å². The maximum atomic E-state index is 12.6. The van der Waals surface area contributed by atoms with Gasteiger partial charge in [0.25, 0.3) is 0 Å². The van der Waals surface area contributed by atoms with E-state index in [4.69, 9.17) is 5.73 Å². The number of rotatable bonds is 4. The second-order valence-corrected chi connectivity index (χ2v) is 5.00. The number of hydrogen-bond acceptors (Lipinski definition) is 4. The van der Waals surface area contributed by atoms with Crippen LogP contribution in [0.25, 0.3) is 0 Å². The lowest BCUT2D eigenvalue weighted by atomic mass is 10.2. The van der Waals surface area contributed by atoms with Crippen molar-refractivity contribution in [2.45, 2.75) is 45.8 Å². The molecule has 0 aliphatic rings. The molecule has 1 aromatic heterocycles. The first-order valence-corrected chi connectivity index (χ1v) is 6.08. The molecular weight excluding hydrogens is 257 g/mol. The van der Waals surface area contributed by atoms with E-state index in [-0.39, 0.29) is 23.6 Å². The van der Waals surface area contributed by atoms with Crippen LogP contribution in [-0.4, -0.2) is 28.7 Å². The van der Waals surface area contributed by atoms with Crippen molar-refractivity contribution in [3.63, 3.8) is 0 Å². The van der Waals surface area contributed by atoms with Crippen molar-refractivity contribution in [2.75, 3.05) is 17.2 Å². The van der Waals surface area contributed by atoms with Gasteiger partial charge in [0.15, 0.2) is 0 Å². The number of nitrogens with zero attached hydrogens (tertiary/aromatic N) is 3. The molecule has 1 heterocycles. The summed E-state index contributed by atoms with van der Waals surface area (Å²) < 4.78 is 37.8. The van der Waals surface area contributed by atoms with E-state index < -0.39 is 12.7 Å². The van der Waals surface area contributed by atoms with Gasteiger partial charge in [-0.05, 0) is 13.8 Å². The fourth-order valence-electron chi connectivity index (χ4n) is 1.60. The predicted molar refractivity (Wildman–Crippen MR) is 69.1 cm³/mol. The van der Waals surface area contributed by atoms with E-state index >= 15 is 0 Å². The molecule has 0 unspecified atom stereocenters. The Morgan fingerprint density at radius 1 is 1.21 bits per heavy atom. The summed E-state index contributed by atoms with van der Waals surface area (Å²) >= 11 is 0. The fourth-order valence-corrected chi connectivity index (χ4v) is 1.60. The fraction of sp³-hybridized carbons (Fsp3) is 0.667. The molecule has 108 valence electrons. The van der Waals surface area contributed by atoms with E-state index in [1.165, 1.54) is 11.0 Å². The first-order chi connectivity index (χ1) is 8.60. The van der Waals surface area contributed by atoms with Crippen LogP contribution in [0.1, 0.15) is 39.4 Å². The van der Waals surface area contributed by atoms with E-state index in [0.717, 1.165) is 0 Å². The van der Waals surface area contributed by atoms with Gasteiger partial charge in [-0.3, -0.25) is 0 Å². The molecule has 7 heteroatoms. The minimum atomic E-state index is -4.29. The van der Waals surface area contributed by atoms with Gasteiger partial charge in [-0.15, -0.1) is 0 Å². The van der Waals surface area contributed by atoms with Crippen LogP contribution in [0.3, 0.4) is 0 Å². The normalized spacial score (nSPS) is 12.3. The summed E-state index contributed by atoms with van der Waals surface area (Å²) in [5.74, 6) is 0.843. The van der Waals surface area contributed by atoms with Gasteiger partial charge in [-0.25, -0.2) is 9.97 Å². The molecule has 4 nitrogen and oxygen atoms in total. The second-order valence-electron chi connectivity index (χ2n) is 5.00. The van der Waals surface area contributed by atoms with Crippen molar-refractivity contribution >= 4 is 11.6 Å². The molecule has 0 aromatic carbocycles. The first-order valence-electron chi connectivity index (χ1n) is 6.08. The minimum absolute atomic E-state index is 0.00199. The molecule has 0 atom stereocenters. The van der Waals surface area contributed by atoms with Crippen molar-refractivity contribution in [1.82, 2.24) is 9.97 Å². The minimum Gasteiger partial charge on any atom is -0.384 e. The van der Waals surface area contributed by atoms with Gasteiger partial charge in [0.2, 0.25) is 0 Å². The lowest BCUT2D eigenvalue weighted by Gasteiger charge is -2.29. The van der Waals surface area contributed by atoms with Gasteiger partial charge < -0.3 is 10.6 Å². The second kappa shape index (κ2) is 5.63. The molecule has 0 saturated heterocycles. The highest BCUT2D eigenvalue weighted by Gasteiger charge is 2.32. The lowest BCUT2D eigenvalue weighted by Crippen LogP contribution is -2.40. The number of alkyl halides is 3. The van der Waals surface area contributed by atoms with E-state index in [1.54, 1.807) is 13.8 Å². The molecule has 1 rings (SSSR count). The third-order valence-electron chi connectivity index (χ3n) is 2.53. The van der Waals surface area contributed by atoms with Crippen LogP contribution in [0.5, 0.6) is 0 Å². The van der Waals surface area contributed by atoms with Gasteiger partial charge in [-0.2, -0.15) is 13.2 Å². The summed E-state index contributed by atoms with van der Waals surface area (Å²) in [6, 6.07) is 1.04.